The SMILES string of the molecule is CCOC(=O)c1cc2c3ccccc3n(COC)c2c(-c2cn(COC)c3ccccc23)n1. The Bertz CT molecular complexity index is 1480. The number of hydrogen-bond acceptors (Lipinski definition) is 5. The van der Waals surface area contributed by atoms with Crippen molar-refractivity contribution < 1.29 is 19.0 Å². The van der Waals surface area contributed by atoms with Gasteiger partial charge < -0.3 is 23.3 Å². The Hall–Kier alpha value is -3.68. The third-order valence-electron chi connectivity index (χ3n) is 5.80. The summed E-state index contributed by atoms with van der Waals surface area (Å²) < 4.78 is 20.4. The second-order valence-corrected chi connectivity index (χ2v) is 7.78. The number of rotatable bonds is 7. The molecule has 0 aliphatic heterocycles. The Morgan fingerprint density at radius 3 is 2.33 bits per heavy atom. The molecule has 0 aliphatic carbocycles. The van der Waals surface area contributed by atoms with Gasteiger partial charge >= 0.3 is 5.97 Å². The maximum atomic E-state index is 12.8. The smallest absolute Gasteiger partial charge is 0.356 e. The molecule has 0 amide bonds. The van der Waals surface area contributed by atoms with Crippen molar-refractivity contribution in [1.82, 2.24) is 14.1 Å². The molecule has 3 aromatic heterocycles. The van der Waals surface area contributed by atoms with Gasteiger partial charge in [-0.3, -0.25) is 0 Å². The van der Waals surface area contributed by atoms with Crippen LogP contribution in [-0.4, -0.2) is 40.9 Å². The molecular formula is C26H25N3O4. The number of benzene rings is 2. The molecule has 0 bridgehead atoms. The first-order valence-corrected chi connectivity index (χ1v) is 10.8. The zero-order valence-corrected chi connectivity index (χ0v) is 18.9. The van der Waals surface area contributed by atoms with Gasteiger partial charge in [-0.15, -0.1) is 0 Å². The van der Waals surface area contributed by atoms with Gasteiger partial charge in [0.2, 0.25) is 0 Å². The van der Waals surface area contributed by atoms with Gasteiger partial charge in [0.1, 0.15) is 19.2 Å². The lowest BCUT2D eigenvalue weighted by molar-refractivity contribution is 0.0520. The quantitative estimate of drug-likeness (QED) is 0.324. The molecule has 0 unspecified atom stereocenters. The molecule has 0 fully saturated rings. The van der Waals surface area contributed by atoms with Gasteiger partial charge in [0.25, 0.3) is 0 Å². The van der Waals surface area contributed by atoms with Gasteiger partial charge in [-0.2, -0.15) is 0 Å². The molecule has 7 nitrogen and oxygen atoms in total. The summed E-state index contributed by atoms with van der Waals surface area (Å²) in [5.74, 6) is -0.440. The van der Waals surface area contributed by atoms with Crippen LogP contribution in [0.3, 0.4) is 0 Å². The fourth-order valence-corrected chi connectivity index (χ4v) is 4.52. The van der Waals surface area contributed by atoms with Crippen LogP contribution in [0.5, 0.6) is 0 Å². The van der Waals surface area contributed by atoms with Crippen molar-refractivity contribution in [2.24, 2.45) is 0 Å². The van der Waals surface area contributed by atoms with Crippen LogP contribution in [0.15, 0.2) is 60.8 Å². The minimum absolute atomic E-state index is 0.281. The van der Waals surface area contributed by atoms with Crippen molar-refractivity contribution in [2.75, 3.05) is 20.8 Å². The average Bonchev–Trinajstić information content (AvgIpc) is 3.36. The molecule has 7 heteroatoms. The minimum atomic E-state index is -0.440. The number of nitrogens with zero attached hydrogens (tertiary/aromatic N) is 3. The lowest BCUT2D eigenvalue weighted by Crippen LogP contribution is -2.09. The first kappa shape index (κ1) is 21.2. The highest BCUT2D eigenvalue weighted by atomic mass is 16.5. The topological polar surface area (TPSA) is 67.5 Å². The van der Waals surface area contributed by atoms with Crippen LogP contribution in [0, 0.1) is 0 Å². The van der Waals surface area contributed by atoms with E-state index in [2.05, 4.69) is 28.8 Å². The number of ether oxygens (including phenoxy) is 3. The number of aromatic nitrogens is 3. The third kappa shape index (κ3) is 3.46. The lowest BCUT2D eigenvalue weighted by Gasteiger charge is -2.11. The number of pyridine rings is 1. The van der Waals surface area contributed by atoms with Gasteiger partial charge in [-0.25, -0.2) is 9.78 Å². The molecule has 0 N–H and O–H groups in total. The fourth-order valence-electron chi connectivity index (χ4n) is 4.52. The molecule has 33 heavy (non-hydrogen) atoms. The highest BCUT2D eigenvalue weighted by Gasteiger charge is 2.23. The highest BCUT2D eigenvalue weighted by Crippen LogP contribution is 2.39. The molecule has 0 radical (unpaired) electrons. The van der Waals surface area contributed by atoms with Crippen LogP contribution < -0.4 is 0 Å². The second-order valence-electron chi connectivity index (χ2n) is 7.78. The highest BCUT2D eigenvalue weighted by molar-refractivity contribution is 6.15. The maximum Gasteiger partial charge on any atom is 0.356 e. The molecule has 0 saturated heterocycles. The largest absolute Gasteiger partial charge is 0.461 e. The number of fused-ring (bicyclic) bond motifs is 4. The Labute approximate surface area is 191 Å². The van der Waals surface area contributed by atoms with Gasteiger partial charge in [-0.05, 0) is 25.1 Å². The maximum absolute atomic E-state index is 12.8. The minimum Gasteiger partial charge on any atom is -0.461 e. The lowest BCUT2D eigenvalue weighted by atomic mass is 10.1. The summed E-state index contributed by atoms with van der Waals surface area (Å²) in [6.07, 6.45) is 2.03. The average molecular weight is 444 g/mol. The molecule has 5 rings (SSSR count). The van der Waals surface area contributed by atoms with E-state index in [1.165, 1.54) is 0 Å². The van der Waals surface area contributed by atoms with Crippen LogP contribution >= 0.6 is 0 Å². The second kappa shape index (κ2) is 8.69. The summed E-state index contributed by atoms with van der Waals surface area (Å²) >= 11 is 0. The predicted molar refractivity (Wildman–Crippen MR) is 128 cm³/mol. The molecule has 168 valence electrons. The summed E-state index contributed by atoms with van der Waals surface area (Å²) in [4.78, 5) is 17.6. The van der Waals surface area contributed by atoms with Crippen molar-refractivity contribution in [3.8, 4) is 11.3 Å². The van der Waals surface area contributed by atoms with Crippen molar-refractivity contribution in [3.63, 3.8) is 0 Å². The van der Waals surface area contributed by atoms with Crippen molar-refractivity contribution in [2.45, 2.75) is 20.4 Å². The number of esters is 1. The van der Waals surface area contributed by atoms with E-state index in [0.29, 0.717) is 19.2 Å². The summed E-state index contributed by atoms with van der Waals surface area (Å²) in [6, 6.07) is 18.0. The van der Waals surface area contributed by atoms with Gasteiger partial charge in [-0.1, -0.05) is 36.4 Å². The van der Waals surface area contributed by atoms with Crippen LogP contribution in [-0.2, 0) is 27.7 Å². The number of hydrogen-bond donors (Lipinski definition) is 0. The van der Waals surface area contributed by atoms with E-state index in [-0.39, 0.29) is 12.3 Å². The van der Waals surface area contributed by atoms with E-state index in [1.807, 2.05) is 41.1 Å². The van der Waals surface area contributed by atoms with Crippen molar-refractivity contribution >= 4 is 38.7 Å². The van der Waals surface area contributed by atoms with E-state index < -0.39 is 5.97 Å². The van der Waals surface area contributed by atoms with Crippen molar-refractivity contribution in [1.29, 1.82) is 0 Å². The molecule has 0 saturated carbocycles. The number of carbonyl (C=O) groups is 1. The van der Waals surface area contributed by atoms with Gasteiger partial charge in [0.15, 0.2) is 0 Å². The first-order chi connectivity index (χ1) is 16.2. The normalized spacial score (nSPS) is 11.6. The summed E-state index contributed by atoms with van der Waals surface area (Å²) in [5, 5.41) is 2.98. The van der Waals surface area contributed by atoms with Crippen LogP contribution in [0.1, 0.15) is 17.4 Å². The Kier molecular flexibility index (Phi) is 5.58. The monoisotopic (exact) mass is 443 g/mol. The Morgan fingerprint density at radius 1 is 0.909 bits per heavy atom. The fraction of sp³-hybridized carbons (Fsp3) is 0.231. The molecular weight excluding hydrogens is 418 g/mol. The molecule has 3 heterocycles. The number of para-hydroxylation sites is 2. The standard InChI is InChI=1S/C26H25N3O4/c1-4-33-26(30)21-13-19-17-9-6-8-12-23(17)29(16-32-3)25(19)24(27-21)20-14-28(15-31-2)22-11-7-5-10-18(20)22/h5-14H,4,15-16H2,1-3H3. The van der Waals surface area contributed by atoms with Gasteiger partial charge in [0.05, 0.1) is 28.9 Å². The van der Waals surface area contributed by atoms with Crippen molar-refractivity contribution in [3.05, 3.63) is 66.5 Å². The van der Waals surface area contributed by atoms with Crippen LogP contribution in [0.25, 0.3) is 44.0 Å². The third-order valence-corrected chi connectivity index (χ3v) is 5.80. The van der Waals surface area contributed by atoms with Gasteiger partial charge in [0, 0.05) is 42.1 Å². The van der Waals surface area contributed by atoms with E-state index in [9.17, 15) is 4.79 Å². The van der Waals surface area contributed by atoms with Crippen LogP contribution in [0.4, 0.5) is 0 Å². The van der Waals surface area contributed by atoms with E-state index in [0.717, 1.165) is 38.3 Å². The molecule has 5 aromatic rings. The summed E-state index contributed by atoms with van der Waals surface area (Å²) in [5.41, 5.74) is 4.85. The zero-order chi connectivity index (χ0) is 22.9. The van der Waals surface area contributed by atoms with E-state index in [4.69, 9.17) is 19.2 Å². The molecule has 0 spiro atoms. The van der Waals surface area contributed by atoms with Crippen LogP contribution in [0.2, 0.25) is 0 Å². The summed E-state index contributed by atoms with van der Waals surface area (Å²) in [7, 11) is 3.34. The predicted octanol–water partition coefficient (Wildman–Crippen LogP) is 5.20. The number of methoxy groups -OCH3 is 2. The molecule has 0 atom stereocenters. The van der Waals surface area contributed by atoms with E-state index in [1.54, 1.807) is 21.1 Å². The van der Waals surface area contributed by atoms with E-state index >= 15 is 0 Å². The zero-order valence-electron chi connectivity index (χ0n) is 18.9. The summed E-state index contributed by atoms with van der Waals surface area (Å²) in [6.45, 7) is 2.84. The Balaban J connectivity index is 1.92. The first-order valence-electron chi connectivity index (χ1n) is 10.8. The molecule has 2 aromatic carbocycles. The number of carbonyl (C=O) groups excluding carboxylic acids is 1. The Morgan fingerprint density at radius 2 is 1.61 bits per heavy atom. The molecule has 0 aliphatic rings.